The van der Waals surface area contributed by atoms with Crippen LogP contribution in [0.1, 0.15) is 12.8 Å². The second kappa shape index (κ2) is 11.0. The van der Waals surface area contributed by atoms with Crippen molar-refractivity contribution >= 4 is 29.3 Å². The fourth-order valence-electron chi connectivity index (χ4n) is 5.79. The van der Waals surface area contributed by atoms with Crippen molar-refractivity contribution < 1.29 is 4.79 Å². The summed E-state index contributed by atoms with van der Waals surface area (Å²) in [6, 6.07) is 14.5. The third-order valence-corrected chi connectivity index (χ3v) is 8.40. The van der Waals surface area contributed by atoms with E-state index in [2.05, 4.69) is 48.5 Å². The number of aromatic nitrogens is 1. The molecule has 1 aromatic heterocycles. The first-order valence-corrected chi connectivity index (χ1v) is 13.7. The predicted octanol–water partition coefficient (Wildman–Crippen LogP) is 3.46. The lowest BCUT2D eigenvalue weighted by Crippen LogP contribution is -2.59. The topological polar surface area (TPSA) is 63.7 Å². The first-order chi connectivity index (χ1) is 16.7. The highest BCUT2D eigenvalue weighted by Gasteiger charge is 2.40. The monoisotopic (exact) mass is 480 g/mol. The van der Waals surface area contributed by atoms with Gasteiger partial charge in [-0.25, -0.2) is 9.78 Å². The van der Waals surface area contributed by atoms with Crippen LogP contribution < -0.4 is 15.5 Å². The van der Waals surface area contributed by atoms with Crippen LogP contribution in [-0.4, -0.2) is 85.5 Å². The number of urea groups is 1. The van der Waals surface area contributed by atoms with Gasteiger partial charge in [-0.2, -0.15) is 0 Å². The van der Waals surface area contributed by atoms with Crippen LogP contribution in [0.5, 0.6) is 0 Å². The number of pyridine rings is 1. The van der Waals surface area contributed by atoms with Crippen LogP contribution in [0.4, 0.5) is 16.3 Å². The van der Waals surface area contributed by atoms with Crippen LogP contribution in [0.3, 0.4) is 0 Å². The highest BCUT2D eigenvalue weighted by molar-refractivity contribution is 7.98. The Labute approximate surface area is 207 Å². The van der Waals surface area contributed by atoms with Gasteiger partial charge in [0.25, 0.3) is 0 Å². The van der Waals surface area contributed by atoms with Gasteiger partial charge in [-0.15, -0.1) is 11.8 Å². The summed E-state index contributed by atoms with van der Waals surface area (Å²) in [7, 11) is 0. The molecule has 1 aromatic carbocycles. The summed E-state index contributed by atoms with van der Waals surface area (Å²) in [6.45, 7) is 8.58. The molecule has 5 heterocycles. The average molecular weight is 481 g/mol. The molecule has 182 valence electrons. The van der Waals surface area contributed by atoms with Gasteiger partial charge >= 0.3 is 6.03 Å². The van der Waals surface area contributed by atoms with Gasteiger partial charge in [-0.1, -0.05) is 12.1 Å². The number of hydrogen-bond donors (Lipinski definition) is 2. The standard InChI is InChI=1S/C26H36N6OS/c1-34-24-6-4-5-22(16-24)29-26(33)28-17-23-15-20-8-10-32(23)19-21(20)18-30-11-13-31(14-12-30)25-7-2-3-9-27-25/h2-7,9,16,20-21,23H,8,10-15,17-19H2,1H3,(H2,28,29,33)/t20-,21-,23+/m0/s1. The number of nitrogens with one attached hydrogen (secondary N) is 2. The minimum absolute atomic E-state index is 0.108. The number of piperidine rings is 3. The van der Waals surface area contributed by atoms with Crippen molar-refractivity contribution in [2.45, 2.75) is 23.8 Å². The molecule has 4 fully saturated rings. The number of carbonyl (C=O) groups excluding carboxylic acids is 1. The molecule has 0 radical (unpaired) electrons. The van der Waals surface area contributed by atoms with Gasteiger partial charge in [-0.05, 0) is 67.8 Å². The Bertz CT molecular complexity index is 951. The summed E-state index contributed by atoms with van der Waals surface area (Å²) in [4.78, 5) is 25.8. The molecule has 4 aliphatic rings. The van der Waals surface area contributed by atoms with E-state index in [0.29, 0.717) is 6.04 Å². The molecule has 0 spiro atoms. The minimum atomic E-state index is -0.108. The third kappa shape index (κ3) is 5.67. The maximum Gasteiger partial charge on any atom is 0.319 e. The normalized spacial score (nSPS) is 26.9. The summed E-state index contributed by atoms with van der Waals surface area (Å²) in [5.74, 6) is 2.61. The second-order valence-electron chi connectivity index (χ2n) is 9.74. The quantitative estimate of drug-likeness (QED) is 0.592. The van der Waals surface area contributed by atoms with E-state index in [4.69, 9.17) is 0 Å². The number of amides is 2. The molecule has 0 aliphatic carbocycles. The minimum Gasteiger partial charge on any atom is -0.354 e. The maximum absolute atomic E-state index is 12.5. The van der Waals surface area contributed by atoms with Gasteiger partial charge in [0.1, 0.15) is 5.82 Å². The van der Waals surface area contributed by atoms with Crippen LogP contribution in [-0.2, 0) is 0 Å². The summed E-state index contributed by atoms with van der Waals surface area (Å²) in [5, 5.41) is 6.10. The van der Waals surface area contributed by atoms with Crippen molar-refractivity contribution in [1.82, 2.24) is 20.1 Å². The lowest BCUT2D eigenvalue weighted by Gasteiger charge is -2.51. The molecule has 6 rings (SSSR count). The lowest BCUT2D eigenvalue weighted by molar-refractivity contribution is -0.0114. The van der Waals surface area contributed by atoms with Gasteiger partial charge in [0.2, 0.25) is 0 Å². The molecule has 2 aromatic rings. The molecule has 7 nitrogen and oxygen atoms in total. The first kappa shape index (κ1) is 23.5. The number of piperazine rings is 1. The van der Waals surface area contributed by atoms with E-state index in [1.165, 1.54) is 25.9 Å². The van der Waals surface area contributed by atoms with Crippen molar-refractivity contribution in [1.29, 1.82) is 0 Å². The van der Waals surface area contributed by atoms with Crippen LogP contribution in [0, 0.1) is 11.8 Å². The molecule has 0 saturated carbocycles. The SMILES string of the molecule is CSc1cccc(NC(=O)NC[C@H]2C[C@@H]3CCN2C[C@@H]3CN2CCN(c3ccccn3)CC2)c1. The Kier molecular flexibility index (Phi) is 7.57. The Morgan fingerprint density at radius 3 is 2.74 bits per heavy atom. The molecule has 4 saturated heterocycles. The zero-order valence-electron chi connectivity index (χ0n) is 20.0. The number of thioether (sulfide) groups is 1. The fraction of sp³-hybridized carbons (Fsp3) is 0.538. The van der Waals surface area contributed by atoms with Crippen molar-refractivity contribution in [3.63, 3.8) is 0 Å². The predicted molar refractivity (Wildman–Crippen MR) is 140 cm³/mol. The number of fused-ring (bicyclic) bond motifs is 3. The molecule has 2 N–H and O–H groups in total. The van der Waals surface area contributed by atoms with Gasteiger partial charge < -0.3 is 15.5 Å². The zero-order valence-corrected chi connectivity index (χ0v) is 20.8. The Morgan fingerprint density at radius 2 is 2.00 bits per heavy atom. The second-order valence-corrected chi connectivity index (χ2v) is 10.6. The summed E-state index contributed by atoms with van der Waals surface area (Å²) in [5.41, 5.74) is 0.845. The Morgan fingerprint density at radius 1 is 1.12 bits per heavy atom. The summed E-state index contributed by atoms with van der Waals surface area (Å²) in [6.07, 6.45) is 6.41. The Balaban J connectivity index is 1.06. The number of rotatable bonds is 7. The number of anilines is 2. The fourth-order valence-corrected chi connectivity index (χ4v) is 6.25. The van der Waals surface area contributed by atoms with E-state index >= 15 is 0 Å². The van der Waals surface area contributed by atoms with Crippen LogP contribution in [0.15, 0.2) is 53.6 Å². The van der Waals surface area contributed by atoms with E-state index < -0.39 is 0 Å². The van der Waals surface area contributed by atoms with Crippen molar-refractivity contribution in [2.75, 3.05) is 68.8 Å². The van der Waals surface area contributed by atoms with E-state index in [-0.39, 0.29) is 6.03 Å². The lowest BCUT2D eigenvalue weighted by atomic mass is 9.75. The van der Waals surface area contributed by atoms with Gasteiger partial charge in [0, 0.05) is 68.6 Å². The smallest absolute Gasteiger partial charge is 0.319 e. The number of nitrogens with zero attached hydrogens (tertiary/aromatic N) is 4. The molecule has 2 amide bonds. The maximum atomic E-state index is 12.5. The van der Waals surface area contributed by atoms with Crippen LogP contribution in [0.2, 0.25) is 0 Å². The number of carbonyl (C=O) groups is 1. The van der Waals surface area contributed by atoms with Crippen molar-refractivity contribution in [3.05, 3.63) is 48.7 Å². The molecule has 8 heteroatoms. The molecule has 4 atom stereocenters. The molecule has 1 unspecified atom stereocenters. The van der Waals surface area contributed by atoms with E-state index in [1.54, 1.807) is 11.8 Å². The van der Waals surface area contributed by atoms with Crippen LogP contribution in [0.25, 0.3) is 0 Å². The summed E-state index contributed by atoms with van der Waals surface area (Å²) < 4.78 is 0. The van der Waals surface area contributed by atoms with E-state index in [9.17, 15) is 4.79 Å². The first-order valence-electron chi connectivity index (χ1n) is 12.5. The average Bonchev–Trinajstić information content (AvgIpc) is 2.89. The van der Waals surface area contributed by atoms with Crippen LogP contribution >= 0.6 is 11.8 Å². The van der Waals surface area contributed by atoms with E-state index in [0.717, 1.165) is 67.5 Å². The molecular weight excluding hydrogens is 444 g/mol. The third-order valence-electron chi connectivity index (χ3n) is 7.68. The zero-order chi connectivity index (χ0) is 23.3. The van der Waals surface area contributed by atoms with Gasteiger partial charge in [-0.3, -0.25) is 9.80 Å². The van der Waals surface area contributed by atoms with Gasteiger partial charge in [0.15, 0.2) is 0 Å². The molecule has 4 aliphatic heterocycles. The largest absolute Gasteiger partial charge is 0.354 e. The van der Waals surface area contributed by atoms with Crippen molar-refractivity contribution in [3.8, 4) is 0 Å². The Hall–Kier alpha value is -2.29. The highest BCUT2D eigenvalue weighted by atomic mass is 32.2. The van der Waals surface area contributed by atoms with E-state index in [1.807, 2.05) is 36.7 Å². The summed E-state index contributed by atoms with van der Waals surface area (Å²) >= 11 is 1.68. The van der Waals surface area contributed by atoms with Crippen molar-refractivity contribution in [2.24, 2.45) is 11.8 Å². The molecule has 2 bridgehead atoms. The molecule has 34 heavy (non-hydrogen) atoms. The number of hydrogen-bond acceptors (Lipinski definition) is 6. The highest BCUT2D eigenvalue weighted by Crippen LogP contribution is 2.36. The molecular formula is C26H36N6OS. The van der Waals surface area contributed by atoms with Gasteiger partial charge in [0.05, 0.1) is 0 Å². The number of benzene rings is 1.